The third-order valence-corrected chi connectivity index (χ3v) is 4.01. The van der Waals surface area contributed by atoms with Gasteiger partial charge in [0, 0.05) is 0 Å². The van der Waals surface area contributed by atoms with Gasteiger partial charge in [0.25, 0.3) is 0 Å². The second-order valence-electron chi connectivity index (χ2n) is 6.84. The third kappa shape index (κ3) is 7.40. The maximum Gasteiger partial charge on any atom is -0.0227 e. The van der Waals surface area contributed by atoms with Gasteiger partial charge in [0.2, 0.25) is 0 Å². The van der Waals surface area contributed by atoms with Gasteiger partial charge in [-0.05, 0) is 30.7 Å². The van der Waals surface area contributed by atoms with Crippen molar-refractivity contribution in [3.8, 4) is 0 Å². The zero-order chi connectivity index (χ0) is 14.1. The van der Waals surface area contributed by atoms with Gasteiger partial charge < -0.3 is 0 Å². The van der Waals surface area contributed by atoms with Crippen LogP contribution in [-0.4, -0.2) is 0 Å². The molecule has 0 heteroatoms. The first kappa shape index (κ1) is 16.3. The van der Waals surface area contributed by atoms with Gasteiger partial charge in [-0.3, -0.25) is 0 Å². The summed E-state index contributed by atoms with van der Waals surface area (Å²) >= 11 is 0. The second kappa shape index (κ2) is 8.40. The smallest absolute Gasteiger partial charge is 0.0227 e. The summed E-state index contributed by atoms with van der Waals surface area (Å²) in [6.45, 7) is 9.27. The number of aryl methyl sites for hydroxylation is 1. The van der Waals surface area contributed by atoms with Gasteiger partial charge in [0.05, 0.1) is 0 Å². The van der Waals surface area contributed by atoms with Crippen molar-refractivity contribution in [2.45, 2.75) is 79.1 Å². The minimum atomic E-state index is 0.444. The fourth-order valence-corrected chi connectivity index (χ4v) is 2.73. The Labute approximate surface area is 120 Å². The Balaban J connectivity index is 2.25. The molecule has 0 spiro atoms. The molecule has 0 aromatic heterocycles. The molecule has 0 saturated carbocycles. The van der Waals surface area contributed by atoms with Crippen molar-refractivity contribution in [3.63, 3.8) is 0 Å². The average Bonchev–Trinajstić information content (AvgIpc) is 2.36. The van der Waals surface area contributed by atoms with Crippen LogP contribution < -0.4 is 0 Å². The summed E-state index contributed by atoms with van der Waals surface area (Å²) in [6.07, 6.45) is 11.0. The van der Waals surface area contributed by atoms with Crippen LogP contribution >= 0.6 is 0 Å². The Kier molecular flexibility index (Phi) is 7.20. The van der Waals surface area contributed by atoms with E-state index >= 15 is 0 Å². The van der Waals surface area contributed by atoms with Crippen molar-refractivity contribution in [1.29, 1.82) is 0 Å². The van der Waals surface area contributed by atoms with Crippen LogP contribution in [0.4, 0.5) is 0 Å². The highest BCUT2D eigenvalue weighted by Crippen LogP contribution is 2.28. The van der Waals surface area contributed by atoms with Crippen molar-refractivity contribution >= 4 is 0 Å². The van der Waals surface area contributed by atoms with Gasteiger partial charge in [-0.1, -0.05) is 89.1 Å². The van der Waals surface area contributed by atoms with Crippen LogP contribution in [0.1, 0.15) is 76.8 Å². The first-order chi connectivity index (χ1) is 9.03. The number of hydrogen-bond donors (Lipinski definition) is 0. The molecule has 1 aromatic carbocycles. The predicted octanol–water partition coefficient (Wildman–Crippen LogP) is 6.31. The van der Waals surface area contributed by atoms with E-state index in [-0.39, 0.29) is 0 Å². The molecular weight excluding hydrogens is 228 g/mol. The van der Waals surface area contributed by atoms with Gasteiger partial charge in [-0.25, -0.2) is 0 Å². The molecule has 0 nitrogen and oxygen atoms in total. The number of benzene rings is 1. The Morgan fingerprint density at radius 1 is 0.842 bits per heavy atom. The molecule has 0 aliphatic rings. The van der Waals surface area contributed by atoms with Crippen LogP contribution in [0.2, 0.25) is 0 Å². The summed E-state index contributed by atoms with van der Waals surface area (Å²) in [4.78, 5) is 0. The first-order valence-corrected chi connectivity index (χ1v) is 8.09. The lowest BCUT2D eigenvalue weighted by Gasteiger charge is -2.25. The van der Waals surface area contributed by atoms with E-state index in [0.29, 0.717) is 5.41 Å². The van der Waals surface area contributed by atoms with Crippen molar-refractivity contribution in [2.75, 3.05) is 0 Å². The summed E-state index contributed by atoms with van der Waals surface area (Å²) in [7, 11) is 0. The van der Waals surface area contributed by atoms with E-state index < -0.39 is 0 Å². The van der Waals surface area contributed by atoms with E-state index in [1.54, 1.807) is 0 Å². The largest absolute Gasteiger partial charge is 0.0654 e. The lowest BCUT2D eigenvalue weighted by atomic mass is 9.81. The molecule has 0 radical (unpaired) electrons. The minimum Gasteiger partial charge on any atom is -0.0654 e. The fraction of sp³-hybridized carbons (Fsp3) is 0.684. The van der Waals surface area contributed by atoms with Crippen molar-refractivity contribution < 1.29 is 0 Å². The average molecular weight is 260 g/mol. The Hall–Kier alpha value is -0.780. The third-order valence-electron chi connectivity index (χ3n) is 4.01. The summed E-state index contributed by atoms with van der Waals surface area (Å²) in [5, 5.41) is 0. The van der Waals surface area contributed by atoms with E-state index in [1.807, 2.05) is 0 Å². The molecule has 0 aliphatic carbocycles. The van der Waals surface area contributed by atoms with Crippen LogP contribution in [0.15, 0.2) is 24.3 Å². The van der Waals surface area contributed by atoms with Crippen LogP contribution in [0.5, 0.6) is 0 Å². The van der Waals surface area contributed by atoms with E-state index in [2.05, 4.69) is 52.0 Å². The lowest BCUT2D eigenvalue weighted by molar-refractivity contribution is 0.316. The number of hydrogen-bond acceptors (Lipinski definition) is 0. The zero-order valence-corrected chi connectivity index (χ0v) is 13.5. The summed E-state index contributed by atoms with van der Waals surface area (Å²) < 4.78 is 0. The molecule has 0 saturated heterocycles. The normalized spacial score (nSPS) is 11.8. The zero-order valence-electron chi connectivity index (χ0n) is 13.5. The van der Waals surface area contributed by atoms with Crippen LogP contribution in [0.3, 0.4) is 0 Å². The molecule has 0 fully saturated rings. The van der Waals surface area contributed by atoms with Crippen molar-refractivity contribution in [3.05, 3.63) is 35.4 Å². The molecule has 0 heterocycles. The quantitative estimate of drug-likeness (QED) is 0.456. The molecular formula is C19H32. The topological polar surface area (TPSA) is 0 Å². The van der Waals surface area contributed by atoms with Crippen molar-refractivity contribution in [1.82, 2.24) is 0 Å². The van der Waals surface area contributed by atoms with Gasteiger partial charge in [-0.2, -0.15) is 0 Å². The Morgan fingerprint density at radius 2 is 1.42 bits per heavy atom. The Morgan fingerprint density at radius 3 is 2.05 bits per heavy atom. The monoisotopic (exact) mass is 260 g/mol. The molecule has 0 bridgehead atoms. The van der Waals surface area contributed by atoms with E-state index in [1.165, 1.54) is 62.5 Å². The molecule has 108 valence electrons. The highest BCUT2D eigenvalue weighted by Gasteiger charge is 2.17. The van der Waals surface area contributed by atoms with E-state index in [0.717, 1.165) is 0 Å². The van der Waals surface area contributed by atoms with Gasteiger partial charge in [0.1, 0.15) is 0 Å². The van der Waals surface area contributed by atoms with Crippen LogP contribution in [0, 0.1) is 12.3 Å². The molecule has 1 aromatic rings. The molecule has 1 rings (SSSR count). The molecule has 0 amide bonds. The predicted molar refractivity (Wildman–Crippen MR) is 86.7 cm³/mol. The summed E-state index contributed by atoms with van der Waals surface area (Å²) in [5.41, 5.74) is 3.29. The van der Waals surface area contributed by atoms with E-state index in [9.17, 15) is 0 Å². The molecule has 19 heavy (non-hydrogen) atoms. The minimum absolute atomic E-state index is 0.444. The molecule has 0 unspecified atom stereocenters. The maximum atomic E-state index is 2.42. The molecule has 0 atom stereocenters. The second-order valence-corrected chi connectivity index (χ2v) is 6.84. The SMILES string of the molecule is CCCCCCCCC(C)(C)Cc1ccc(C)cc1. The van der Waals surface area contributed by atoms with Gasteiger partial charge in [-0.15, -0.1) is 0 Å². The van der Waals surface area contributed by atoms with E-state index in [4.69, 9.17) is 0 Å². The summed E-state index contributed by atoms with van der Waals surface area (Å²) in [6, 6.07) is 9.04. The van der Waals surface area contributed by atoms with Crippen molar-refractivity contribution in [2.24, 2.45) is 5.41 Å². The fourth-order valence-electron chi connectivity index (χ4n) is 2.73. The highest BCUT2D eigenvalue weighted by atomic mass is 14.2. The molecule has 0 aliphatic heterocycles. The van der Waals surface area contributed by atoms with Gasteiger partial charge >= 0.3 is 0 Å². The van der Waals surface area contributed by atoms with Crippen LogP contribution in [0.25, 0.3) is 0 Å². The molecule has 0 N–H and O–H groups in total. The number of rotatable bonds is 9. The lowest BCUT2D eigenvalue weighted by Crippen LogP contribution is -2.14. The summed E-state index contributed by atoms with van der Waals surface area (Å²) in [5.74, 6) is 0. The van der Waals surface area contributed by atoms with Crippen LogP contribution in [-0.2, 0) is 6.42 Å². The highest BCUT2D eigenvalue weighted by molar-refractivity contribution is 5.22. The Bertz CT molecular complexity index is 332. The standard InChI is InChI=1S/C19H32/c1-5-6-7-8-9-10-15-19(3,4)16-18-13-11-17(2)12-14-18/h11-14H,5-10,15-16H2,1-4H3. The maximum absolute atomic E-state index is 2.42. The number of unbranched alkanes of at least 4 members (excludes halogenated alkanes) is 5. The van der Waals surface area contributed by atoms with Gasteiger partial charge in [0.15, 0.2) is 0 Å². The first-order valence-electron chi connectivity index (χ1n) is 8.09.